The van der Waals surface area contributed by atoms with Gasteiger partial charge < -0.3 is 5.11 Å². The number of aryl methyl sites for hydroxylation is 1. The normalized spacial score (nSPS) is 14.2. The topological polar surface area (TPSA) is 20.2 Å². The summed E-state index contributed by atoms with van der Waals surface area (Å²) in [5.74, 6) is 0.297. The molecule has 4 heteroatoms. The lowest BCUT2D eigenvalue weighted by Crippen LogP contribution is -2.25. The van der Waals surface area contributed by atoms with E-state index in [9.17, 15) is 18.3 Å². The Morgan fingerprint density at radius 3 is 2.03 bits per heavy atom. The van der Waals surface area contributed by atoms with Gasteiger partial charge in [-0.2, -0.15) is 13.2 Å². The van der Waals surface area contributed by atoms with Crippen LogP contribution in [0.15, 0.2) is 66.7 Å². The Hall–Kier alpha value is -3.27. The van der Waals surface area contributed by atoms with Gasteiger partial charge in [-0.1, -0.05) is 74.7 Å². The van der Waals surface area contributed by atoms with E-state index in [2.05, 4.69) is 39.0 Å². The molecule has 0 unspecified atom stereocenters. The summed E-state index contributed by atoms with van der Waals surface area (Å²) >= 11 is 0. The maximum atomic E-state index is 13.1. The van der Waals surface area contributed by atoms with E-state index in [0.717, 1.165) is 76.4 Å². The summed E-state index contributed by atoms with van der Waals surface area (Å²) in [6.07, 6.45) is -0.509. The summed E-state index contributed by atoms with van der Waals surface area (Å²) in [6, 6.07) is 19.8. The number of phenols is 1. The molecular formula is C31H29F3O. The molecule has 1 N–H and O–H groups in total. The Labute approximate surface area is 204 Å². The number of rotatable bonds is 5. The van der Waals surface area contributed by atoms with Gasteiger partial charge in [-0.05, 0) is 82.8 Å². The molecule has 0 radical (unpaired) electrons. The summed E-state index contributed by atoms with van der Waals surface area (Å²) in [5.41, 5.74) is 6.64. The van der Waals surface area contributed by atoms with E-state index in [1.165, 1.54) is 11.1 Å². The van der Waals surface area contributed by atoms with Crippen LogP contribution >= 0.6 is 0 Å². The molecule has 5 rings (SSSR count). The molecule has 0 fully saturated rings. The van der Waals surface area contributed by atoms with Crippen LogP contribution in [0.1, 0.15) is 61.8 Å². The third-order valence-corrected chi connectivity index (χ3v) is 7.49. The fourth-order valence-corrected chi connectivity index (χ4v) is 6.04. The summed E-state index contributed by atoms with van der Waals surface area (Å²) in [5, 5.41) is 12.9. The maximum absolute atomic E-state index is 13.1. The van der Waals surface area contributed by atoms with Crippen molar-refractivity contribution in [2.24, 2.45) is 0 Å². The lowest BCUT2D eigenvalue weighted by molar-refractivity contribution is -0.137. The summed E-state index contributed by atoms with van der Waals surface area (Å²) in [4.78, 5) is 0. The fourth-order valence-electron chi connectivity index (χ4n) is 6.04. The van der Waals surface area contributed by atoms with Crippen molar-refractivity contribution in [1.29, 1.82) is 0 Å². The first-order valence-corrected chi connectivity index (χ1v) is 12.3. The Kier molecular flexibility index (Phi) is 5.66. The highest BCUT2D eigenvalue weighted by Gasteiger charge is 2.43. The van der Waals surface area contributed by atoms with Gasteiger partial charge in [-0.25, -0.2) is 0 Å². The number of hydrogen-bond acceptors (Lipinski definition) is 1. The predicted octanol–water partition coefficient (Wildman–Crippen LogP) is 9.41. The van der Waals surface area contributed by atoms with Gasteiger partial charge in [0.15, 0.2) is 0 Å². The Morgan fingerprint density at radius 2 is 1.40 bits per heavy atom. The van der Waals surface area contributed by atoms with Gasteiger partial charge in [0.2, 0.25) is 0 Å². The summed E-state index contributed by atoms with van der Waals surface area (Å²) < 4.78 is 39.3. The van der Waals surface area contributed by atoms with E-state index in [0.29, 0.717) is 5.75 Å². The van der Waals surface area contributed by atoms with Gasteiger partial charge in [0.25, 0.3) is 0 Å². The average Bonchev–Trinajstić information content (AvgIpc) is 3.08. The monoisotopic (exact) mass is 474 g/mol. The minimum atomic E-state index is -4.35. The molecule has 0 heterocycles. The molecule has 0 amide bonds. The van der Waals surface area contributed by atoms with Crippen LogP contribution in [-0.2, 0) is 11.6 Å². The highest BCUT2D eigenvalue weighted by Crippen LogP contribution is 2.57. The molecular weight excluding hydrogens is 445 g/mol. The van der Waals surface area contributed by atoms with Gasteiger partial charge in [0, 0.05) is 10.8 Å². The second kappa shape index (κ2) is 8.44. The molecule has 0 aliphatic heterocycles. The maximum Gasteiger partial charge on any atom is 0.416 e. The highest BCUT2D eigenvalue weighted by molar-refractivity contribution is 6.05. The van der Waals surface area contributed by atoms with Crippen molar-refractivity contribution in [3.63, 3.8) is 0 Å². The van der Waals surface area contributed by atoms with Gasteiger partial charge >= 0.3 is 6.18 Å². The molecule has 1 aliphatic rings. The lowest BCUT2D eigenvalue weighted by atomic mass is 9.71. The molecule has 0 bridgehead atoms. The standard InChI is InChI=1S/C31H29F3O/c1-4-14-30(15-5-2)26-17-21(20-7-10-22(11-8-20)31(32,33)34)9-13-24(26)29-25-16-19(3)6-12-23(25)28(35)18-27(29)30/h6-13,16-18,35H,4-5,14-15H2,1-3H3. The summed E-state index contributed by atoms with van der Waals surface area (Å²) in [7, 11) is 0. The molecule has 180 valence electrons. The first-order chi connectivity index (χ1) is 16.7. The van der Waals surface area contributed by atoms with Crippen LogP contribution in [0.4, 0.5) is 13.2 Å². The largest absolute Gasteiger partial charge is 0.507 e. The van der Waals surface area contributed by atoms with Gasteiger partial charge in [0.1, 0.15) is 5.75 Å². The Bertz CT molecular complexity index is 1410. The van der Waals surface area contributed by atoms with Crippen molar-refractivity contribution in [3.8, 4) is 28.0 Å². The molecule has 0 saturated heterocycles. The number of phenolic OH excluding ortho intramolecular Hbond substituents is 1. The van der Waals surface area contributed by atoms with Crippen LogP contribution in [0.5, 0.6) is 5.75 Å². The first-order valence-electron chi connectivity index (χ1n) is 12.3. The number of fused-ring (bicyclic) bond motifs is 5. The quantitative estimate of drug-likeness (QED) is 0.305. The minimum Gasteiger partial charge on any atom is -0.507 e. The molecule has 1 aliphatic carbocycles. The van der Waals surface area contributed by atoms with E-state index in [-0.39, 0.29) is 5.41 Å². The highest BCUT2D eigenvalue weighted by atomic mass is 19.4. The number of halogens is 3. The predicted molar refractivity (Wildman–Crippen MR) is 137 cm³/mol. The molecule has 4 aromatic rings. The lowest BCUT2D eigenvalue weighted by Gasteiger charge is -2.32. The van der Waals surface area contributed by atoms with Crippen molar-refractivity contribution < 1.29 is 18.3 Å². The van der Waals surface area contributed by atoms with Crippen LogP contribution in [-0.4, -0.2) is 5.11 Å². The van der Waals surface area contributed by atoms with Crippen molar-refractivity contribution in [2.45, 2.75) is 58.0 Å². The van der Waals surface area contributed by atoms with Crippen molar-refractivity contribution in [1.82, 2.24) is 0 Å². The van der Waals surface area contributed by atoms with Crippen molar-refractivity contribution in [3.05, 3.63) is 89.0 Å². The van der Waals surface area contributed by atoms with Crippen molar-refractivity contribution in [2.75, 3.05) is 0 Å². The Balaban J connectivity index is 1.77. The average molecular weight is 475 g/mol. The molecule has 1 nitrogen and oxygen atoms in total. The van der Waals surface area contributed by atoms with E-state index in [4.69, 9.17) is 0 Å². The molecule has 35 heavy (non-hydrogen) atoms. The summed E-state index contributed by atoms with van der Waals surface area (Å²) in [6.45, 7) is 6.42. The number of hydrogen-bond donors (Lipinski definition) is 1. The van der Waals surface area contributed by atoms with Gasteiger partial charge in [-0.3, -0.25) is 0 Å². The zero-order chi connectivity index (χ0) is 25.0. The van der Waals surface area contributed by atoms with E-state index in [1.807, 2.05) is 24.3 Å². The molecule has 0 atom stereocenters. The zero-order valence-corrected chi connectivity index (χ0v) is 20.3. The third kappa shape index (κ3) is 3.71. The van der Waals surface area contributed by atoms with Crippen LogP contribution in [0, 0.1) is 6.92 Å². The molecule has 0 aromatic heterocycles. The first kappa shape index (κ1) is 23.5. The van der Waals surface area contributed by atoms with Crippen LogP contribution in [0.2, 0.25) is 0 Å². The van der Waals surface area contributed by atoms with Gasteiger partial charge in [-0.15, -0.1) is 0 Å². The van der Waals surface area contributed by atoms with Crippen LogP contribution in [0.25, 0.3) is 33.0 Å². The van der Waals surface area contributed by atoms with Crippen LogP contribution < -0.4 is 0 Å². The number of aromatic hydroxyl groups is 1. The van der Waals surface area contributed by atoms with E-state index >= 15 is 0 Å². The van der Waals surface area contributed by atoms with Crippen LogP contribution in [0.3, 0.4) is 0 Å². The molecule has 0 saturated carbocycles. The molecule has 4 aromatic carbocycles. The smallest absolute Gasteiger partial charge is 0.416 e. The fraction of sp³-hybridized carbons (Fsp3) is 0.290. The van der Waals surface area contributed by atoms with Gasteiger partial charge in [0.05, 0.1) is 5.56 Å². The second-order valence-electron chi connectivity index (χ2n) is 9.78. The second-order valence-corrected chi connectivity index (χ2v) is 9.78. The minimum absolute atomic E-state index is 0.245. The van der Waals surface area contributed by atoms with E-state index < -0.39 is 11.7 Å². The number of alkyl halides is 3. The zero-order valence-electron chi connectivity index (χ0n) is 20.3. The Morgan fingerprint density at radius 1 is 0.743 bits per heavy atom. The van der Waals surface area contributed by atoms with Crippen molar-refractivity contribution >= 4 is 10.8 Å². The number of benzene rings is 4. The third-order valence-electron chi connectivity index (χ3n) is 7.49. The SMILES string of the molecule is CCCC1(CCC)c2cc(-c3ccc(C(F)(F)F)cc3)ccc2-c2c1cc(O)c1ccc(C)cc21. The molecule has 0 spiro atoms. The van der Waals surface area contributed by atoms with E-state index in [1.54, 1.807) is 12.1 Å².